The van der Waals surface area contributed by atoms with E-state index in [-0.39, 0.29) is 17.8 Å². The Hall–Kier alpha value is -1.88. The largest absolute Gasteiger partial charge is 0.373 e. The lowest BCUT2D eigenvalue weighted by Gasteiger charge is -2.44. The number of piperidine rings is 1. The highest BCUT2D eigenvalue weighted by Crippen LogP contribution is 2.48. The standard InChI is InChI=1S/C21H23N3O.ClH/c25-21(16-6-2-1-3-7-16)17-8-4-5-9-18(17)24-15-20(14-23-19(21)24)10-12-22-13-11-20;/h1-9,22,25H,10-15H2;1H. The fourth-order valence-corrected chi connectivity index (χ4v) is 4.67. The zero-order chi connectivity index (χ0) is 16.9. The van der Waals surface area contributed by atoms with Crippen molar-refractivity contribution in [2.75, 3.05) is 31.1 Å². The Morgan fingerprint density at radius 1 is 0.962 bits per heavy atom. The fraction of sp³-hybridized carbons (Fsp3) is 0.381. The summed E-state index contributed by atoms with van der Waals surface area (Å²) in [5.41, 5.74) is 2.03. The second kappa shape index (κ2) is 6.38. The zero-order valence-corrected chi connectivity index (χ0v) is 15.5. The molecule has 0 bridgehead atoms. The summed E-state index contributed by atoms with van der Waals surface area (Å²) >= 11 is 0. The quantitative estimate of drug-likeness (QED) is 0.812. The van der Waals surface area contributed by atoms with Crippen LogP contribution in [-0.4, -0.2) is 37.1 Å². The maximum Gasteiger partial charge on any atom is 0.174 e. The van der Waals surface area contributed by atoms with Gasteiger partial charge in [-0.3, -0.25) is 4.99 Å². The van der Waals surface area contributed by atoms with Crippen LogP contribution in [0.15, 0.2) is 59.6 Å². The number of hydrogen-bond donors (Lipinski definition) is 2. The van der Waals surface area contributed by atoms with Crippen LogP contribution >= 0.6 is 12.4 Å². The van der Waals surface area contributed by atoms with E-state index in [2.05, 4.69) is 22.3 Å². The molecule has 2 aromatic rings. The number of fused-ring (bicyclic) bond motifs is 3. The molecular formula is C21H24ClN3O. The number of para-hydroxylation sites is 1. The van der Waals surface area contributed by atoms with Gasteiger partial charge in [-0.25, -0.2) is 0 Å². The lowest BCUT2D eigenvalue weighted by Crippen LogP contribution is -2.54. The second-order valence-electron chi connectivity index (χ2n) is 7.57. The van der Waals surface area contributed by atoms with Gasteiger partial charge in [-0.1, -0.05) is 48.5 Å². The summed E-state index contributed by atoms with van der Waals surface area (Å²) in [6.07, 6.45) is 2.29. The molecule has 5 heteroatoms. The third kappa shape index (κ3) is 2.40. The lowest BCUT2D eigenvalue weighted by molar-refractivity contribution is 0.153. The number of benzene rings is 2. The summed E-state index contributed by atoms with van der Waals surface area (Å²) in [7, 11) is 0. The number of aliphatic imine (C=N–C) groups is 1. The third-order valence-corrected chi connectivity index (χ3v) is 6.08. The smallest absolute Gasteiger partial charge is 0.174 e. The number of hydrogen-bond acceptors (Lipinski definition) is 4. The van der Waals surface area contributed by atoms with Crippen LogP contribution in [-0.2, 0) is 5.60 Å². The summed E-state index contributed by atoms with van der Waals surface area (Å²) in [4.78, 5) is 7.25. The van der Waals surface area contributed by atoms with E-state index in [1.807, 2.05) is 42.5 Å². The number of amidine groups is 1. The van der Waals surface area contributed by atoms with Gasteiger partial charge in [0.2, 0.25) is 0 Å². The average molecular weight is 370 g/mol. The molecule has 2 N–H and O–H groups in total. The van der Waals surface area contributed by atoms with Crippen LogP contribution in [0.4, 0.5) is 5.69 Å². The summed E-state index contributed by atoms with van der Waals surface area (Å²) in [6, 6.07) is 18.2. The molecule has 0 aliphatic carbocycles. The maximum atomic E-state index is 11.8. The average Bonchev–Trinajstić information content (AvgIpc) is 2.93. The van der Waals surface area contributed by atoms with Crippen molar-refractivity contribution in [3.63, 3.8) is 0 Å². The fourth-order valence-electron chi connectivity index (χ4n) is 4.67. The molecule has 3 aliphatic rings. The highest BCUT2D eigenvalue weighted by molar-refractivity contribution is 6.12. The van der Waals surface area contributed by atoms with Crippen molar-refractivity contribution in [3.8, 4) is 0 Å². The third-order valence-electron chi connectivity index (χ3n) is 6.08. The van der Waals surface area contributed by atoms with E-state index in [1.54, 1.807) is 0 Å². The first kappa shape index (κ1) is 17.5. The summed E-state index contributed by atoms with van der Waals surface area (Å²) in [5, 5.41) is 15.3. The highest BCUT2D eigenvalue weighted by atomic mass is 35.5. The maximum absolute atomic E-state index is 11.8. The molecule has 1 fully saturated rings. The van der Waals surface area contributed by atoms with Crippen LogP contribution in [0, 0.1) is 5.41 Å². The van der Waals surface area contributed by atoms with Crippen LogP contribution in [0.5, 0.6) is 0 Å². The van der Waals surface area contributed by atoms with Crippen LogP contribution in [0.25, 0.3) is 0 Å². The molecule has 0 saturated carbocycles. The van der Waals surface area contributed by atoms with E-state index >= 15 is 0 Å². The monoisotopic (exact) mass is 369 g/mol. The lowest BCUT2D eigenvalue weighted by atomic mass is 9.77. The van der Waals surface area contributed by atoms with Crippen molar-refractivity contribution in [1.82, 2.24) is 5.32 Å². The minimum absolute atomic E-state index is 0. The Morgan fingerprint density at radius 3 is 2.42 bits per heavy atom. The molecule has 3 aliphatic heterocycles. The van der Waals surface area contributed by atoms with Gasteiger partial charge >= 0.3 is 0 Å². The van der Waals surface area contributed by atoms with Crippen molar-refractivity contribution < 1.29 is 5.11 Å². The SMILES string of the molecule is Cl.OC1(c2ccccc2)C2=NCC3(CCNCC3)CN2c2ccccc21. The number of halogens is 1. The molecule has 26 heavy (non-hydrogen) atoms. The molecule has 0 aromatic heterocycles. The van der Waals surface area contributed by atoms with Crippen LogP contribution < -0.4 is 10.2 Å². The van der Waals surface area contributed by atoms with Crippen molar-refractivity contribution in [2.24, 2.45) is 10.4 Å². The molecule has 5 rings (SSSR count). The predicted molar refractivity (Wildman–Crippen MR) is 107 cm³/mol. The number of anilines is 1. The van der Waals surface area contributed by atoms with E-state index in [4.69, 9.17) is 4.99 Å². The molecule has 0 amide bonds. The molecule has 4 nitrogen and oxygen atoms in total. The van der Waals surface area contributed by atoms with E-state index in [1.165, 1.54) is 0 Å². The second-order valence-corrected chi connectivity index (χ2v) is 7.57. The van der Waals surface area contributed by atoms with Crippen molar-refractivity contribution >= 4 is 23.9 Å². The first-order valence-electron chi connectivity index (χ1n) is 9.14. The van der Waals surface area contributed by atoms with Crippen molar-refractivity contribution in [3.05, 3.63) is 65.7 Å². The molecule has 2 aromatic carbocycles. The van der Waals surface area contributed by atoms with Gasteiger partial charge in [-0.15, -0.1) is 12.4 Å². The van der Waals surface area contributed by atoms with E-state index < -0.39 is 5.60 Å². The summed E-state index contributed by atoms with van der Waals surface area (Å²) in [5.74, 6) is 0.795. The van der Waals surface area contributed by atoms with E-state index in [9.17, 15) is 5.11 Å². The van der Waals surface area contributed by atoms with Crippen molar-refractivity contribution in [1.29, 1.82) is 0 Å². The van der Waals surface area contributed by atoms with Gasteiger partial charge in [0, 0.05) is 29.8 Å². The number of rotatable bonds is 1. The molecular weight excluding hydrogens is 346 g/mol. The normalized spacial score (nSPS) is 25.9. The first-order valence-corrected chi connectivity index (χ1v) is 9.14. The Kier molecular flexibility index (Phi) is 4.30. The molecule has 1 atom stereocenters. The van der Waals surface area contributed by atoms with Crippen molar-refractivity contribution in [2.45, 2.75) is 18.4 Å². The Labute approximate surface area is 160 Å². The van der Waals surface area contributed by atoms with E-state index in [0.29, 0.717) is 0 Å². The Morgan fingerprint density at radius 2 is 1.65 bits per heavy atom. The van der Waals surface area contributed by atoms with Crippen LogP contribution in [0.1, 0.15) is 24.0 Å². The molecule has 136 valence electrons. The number of nitrogens with zero attached hydrogens (tertiary/aromatic N) is 2. The molecule has 0 radical (unpaired) electrons. The number of nitrogens with one attached hydrogen (secondary N) is 1. The summed E-state index contributed by atoms with van der Waals surface area (Å²) in [6.45, 7) is 3.87. The van der Waals surface area contributed by atoms with Gasteiger partial charge in [0.1, 0.15) is 5.84 Å². The van der Waals surface area contributed by atoms with Gasteiger partial charge < -0.3 is 15.3 Å². The molecule has 3 heterocycles. The van der Waals surface area contributed by atoms with Gasteiger partial charge in [-0.2, -0.15) is 0 Å². The summed E-state index contributed by atoms with van der Waals surface area (Å²) < 4.78 is 0. The van der Waals surface area contributed by atoms with Crippen LogP contribution in [0.2, 0.25) is 0 Å². The van der Waals surface area contributed by atoms with Gasteiger partial charge in [0.05, 0.1) is 0 Å². The Bertz CT molecular complexity index is 832. The van der Waals surface area contributed by atoms with Gasteiger partial charge in [-0.05, 0) is 37.6 Å². The van der Waals surface area contributed by atoms with E-state index in [0.717, 1.165) is 61.7 Å². The van der Waals surface area contributed by atoms with Crippen LogP contribution in [0.3, 0.4) is 0 Å². The number of aliphatic hydroxyl groups is 1. The minimum Gasteiger partial charge on any atom is -0.373 e. The zero-order valence-electron chi connectivity index (χ0n) is 14.7. The molecule has 1 saturated heterocycles. The highest BCUT2D eigenvalue weighted by Gasteiger charge is 2.52. The first-order chi connectivity index (χ1) is 12.2. The predicted octanol–water partition coefficient (Wildman–Crippen LogP) is 2.95. The van der Waals surface area contributed by atoms with Gasteiger partial charge in [0.25, 0.3) is 0 Å². The molecule has 1 spiro atoms. The van der Waals surface area contributed by atoms with Gasteiger partial charge in [0.15, 0.2) is 5.60 Å². The Balaban J connectivity index is 0.00000168. The minimum atomic E-state index is -1.15. The topological polar surface area (TPSA) is 47.9 Å². The molecule has 1 unspecified atom stereocenters.